The van der Waals surface area contributed by atoms with Gasteiger partial charge in [-0.05, 0) is 12.1 Å². The van der Waals surface area contributed by atoms with Crippen LogP contribution < -0.4 is 10.5 Å². The SMILES string of the molecule is N#Cc1c(N)nc(S(=O)(=O)NCc2csc(-c3ccc(Cl)cc3)n2)c(C#N)c1-c1cncs1. The van der Waals surface area contributed by atoms with E-state index in [0.717, 1.165) is 16.9 Å². The third kappa shape index (κ3) is 4.57. The van der Waals surface area contributed by atoms with Crippen LogP contribution in [0.1, 0.15) is 16.8 Å². The number of nitrogens with one attached hydrogen (secondary N) is 1. The van der Waals surface area contributed by atoms with Crippen molar-refractivity contribution < 1.29 is 8.42 Å². The Labute approximate surface area is 201 Å². The van der Waals surface area contributed by atoms with E-state index in [2.05, 4.69) is 19.7 Å². The van der Waals surface area contributed by atoms with Crippen molar-refractivity contribution >= 4 is 50.1 Å². The Hall–Kier alpha value is -3.39. The number of benzene rings is 1. The summed E-state index contributed by atoms with van der Waals surface area (Å²) in [6.07, 6.45) is 1.43. The highest BCUT2D eigenvalue weighted by Crippen LogP contribution is 2.35. The van der Waals surface area contributed by atoms with Crippen LogP contribution in [0, 0.1) is 22.7 Å². The molecule has 0 radical (unpaired) electrons. The summed E-state index contributed by atoms with van der Waals surface area (Å²) < 4.78 is 28.5. The zero-order valence-corrected chi connectivity index (χ0v) is 19.7. The highest BCUT2D eigenvalue weighted by molar-refractivity contribution is 7.89. The zero-order chi connectivity index (χ0) is 23.6. The minimum atomic E-state index is -4.26. The molecule has 1 aromatic carbocycles. The lowest BCUT2D eigenvalue weighted by Crippen LogP contribution is -2.26. The topological polar surface area (TPSA) is 158 Å². The number of anilines is 1. The van der Waals surface area contributed by atoms with Gasteiger partial charge in [0.2, 0.25) is 0 Å². The normalized spacial score (nSPS) is 11.1. The predicted molar refractivity (Wildman–Crippen MR) is 126 cm³/mol. The minimum absolute atomic E-state index is 0.0816. The van der Waals surface area contributed by atoms with E-state index in [4.69, 9.17) is 17.3 Å². The molecule has 0 saturated heterocycles. The number of sulfonamides is 1. The van der Waals surface area contributed by atoms with Gasteiger partial charge in [-0.25, -0.2) is 23.1 Å². The zero-order valence-electron chi connectivity index (χ0n) is 16.5. The number of thiazole rings is 2. The number of aromatic nitrogens is 3. The molecule has 0 unspecified atom stereocenters. The lowest BCUT2D eigenvalue weighted by Gasteiger charge is -2.12. The smallest absolute Gasteiger partial charge is 0.259 e. The van der Waals surface area contributed by atoms with E-state index in [9.17, 15) is 18.9 Å². The number of rotatable bonds is 6. The molecule has 0 amide bonds. The third-order valence-electron chi connectivity index (χ3n) is 4.44. The van der Waals surface area contributed by atoms with Crippen molar-refractivity contribution in [3.63, 3.8) is 0 Å². The Morgan fingerprint density at radius 1 is 1.09 bits per heavy atom. The molecule has 3 aromatic heterocycles. The molecule has 164 valence electrons. The first-order valence-corrected chi connectivity index (χ1v) is 12.7. The Bertz CT molecular complexity index is 1520. The van der Waals surface area contributed by atoms with Crippen molar-refractivity contribution in [1.29, 1.82) is 10.5 Å². The number of nitrogen functional groups attached to an aromatic ring is 1. The van der Waals surface area contributed by atoms with Gasteiger partial charge in [0.05, 0.1) is 22.6 Å². The summed E-state index contributed by atoms with van der Waals surface area (Å²) in [5.41, 5.74) is 8.44. The number of pyridine rings is 1. The minimum Gasteiger partial charge on any atom is -0.383 e. The number of nitriles is 2. The Morgan fingerprint density at radius 2 is 1.82 bits per heavy atom. The first-order valence-electron chi connectivity index (χ1n) is 9.06. The van der Waals surface area contributed by atoms with Crippen molar-refractivity contribution in [2.75, 3.05) is 5.73 Å². The second kappa shape index (κ2) is 9.23. The number of hydrogen-bond donors (Lipinski definition) is 2. The molecule has 0 aliphatic rings. The molecule has 0 atom stereocenters. The molecule has 0 spiro atoms. The van der Waals surface area contributed by atoms with Crippen LogP contribution in [0.15, 0.2) is 46.4 Å². The van der Waals surface area contributed by atoms with Crippen molar-refractivity contribution in [2.45, 2.75) is 11.6 Å². The van der Waals surface area contributed by atoms with Crippen LogP contribution in [0.3, 0.4) is 0 Å². The molecule has 4 rings (SSSR count). The van der Waals surface area contributed by atoms with Crippen LogP contribution in [0.5, 0.6) is 0 Å². The van der Waals surface area contributed by atoms with Crippen molar-refractivity contribution in [3.8, 4) is 33.2 Å². The maximum atomic E-state index is 13.1. The lowest BCUT2D eigenvalue weighted by atomic mass is 10.0. The molecule has 0 aliphatic heterocycles. The number of nitrogens with two attached hydrogens (primary N) is 1. The summed E-state index contributed by atoms with van der Waals surface area (Å²) in [5, 5.41) is 21.7. The Balaban J connectivity index is 1.67. The van der Waals surface area contributed by atoms with Crippen LogP contribution in [-0.4, -0.2) is 23.4 Å². The molecule has 0 fully saturated rings. The first kappa shape index (κ1) is 22.8. The molecule has 3 heterocycles. The number of halogens is 1. The quantitative estimate of drug-likeness (QED) is 0.394. The first-order chi connectivity index (χ1) is 15.8. The lowest BCUT2D eigenvalue weighted by molar-refractivity contribution is 0.576. The largest absolute Gasteiger partial charge is 0.383 e. The van der Waals surface area contributed by atoms with Gasteiger partial charge >= 0.3 is 0 Å². The molecule has 9 nitrogen and oxygen atoms in total. The van der Waals surface area contributed by atoms with Gasteiger partial charge < -0.3 is 5.73 Å². The second-order valence-electron chi connectivity index (χ2n) is 6.49. The summed E-state index contributed by atoms with van der Waals surface area (Å²) in [5.74, 6) is -0.293. The van der Waals surface area contributed by atoms with Gasteiger partial charge in [-0.1, -0.05) is 23.7 Å². The maximum Gasteiger partial charge on any atom is 0.259 e. The fourth-order valence-electron chi connectivity index (χ4n) is 2.93. The van der Waals surface area contributed by atoms with E-state index in [1.165, 1.54) is 23.0 Å². The monoisotopic (exact) mass is 513 g/mol. The van der Waals surface area contributed by atoms with Crippen molar-refractivity contribution in [1.82, 2.24) is 19.7 Å². The highest BCUT2D eigenvalue weighted by Gasteiger charge is 2.28. The van der Waals surface area contributed by atoms with Gasteiger partial charge in [0.1, 0.15) is 34.1 Å². The van der Waals surface area contributed by atoms with E-state index in [1.807, 2.05) is 24.3 Å². The van der Waals surface area contributed by atoms with E-state index in [-0.39, 0.29) is 29.1 Å². The van der Waals surface area contributed by atoms with Crippen LogP contribution in [0.25, 0.3) is 21.0 Å². The van der Waals surface area contributed by atoms with Crippen LogP contribution in [0.4, 0.5) is 5.82 Å². The van der Waals surface area contributed by atoms with Gasteiger partial charge in [-0.2, -0.15) is 10.5 Å². The van der Waals surface area contributed by atoms with Gasteiger partial charge in [-0.3, -0.25) is 4.98 Å². The summed E-state index contributed by atoms with van der Waals surface area (Å²) in [6, 6.07) is 10.9. The average molecular weight is 514 g/mol. The summed E-state index contributed by atoms with van der Waals surface area (Å²) in [7, 11) is -4.26. The van der Waals surface area contributed by atoms with Gasteiger partial charge in [-0.15, -0.1) is 22.7 Å². The van der Waals surface area contributed by atoms with Crippen LogP contribution in [-0.2, 0) is 16.6 Å². The molecule has 33 heavy (non-hydrogen) atoms. The predicted octanol–water partition coefficient (Wildman–Crippen LogP) is 3.79. The summed E-state index contributed by atoms with van der Waals surface area (Å²) in [4.78, 5) is 12.7. The fraction of sp³-hybridized carbons (Fsp3) is 0.0500. The Kier molecular flexibility index (Phi) is 6.37. The molecule has 13 heteroatoms. The van der Waals surface area contributed by atoms with E-state index >= 15 is 0 Å². The third-order valence-corrected chi connectivity index (χ3v) is 7.75. The molecular weight excluding hydrogens is 502 g/mol. The second-order valence-corrected chi connectivity index (χ2v) is 10.4. The maximum absolute atomic E-state index is 13.1. The molecule has 0 aliphatic carbocycles. The highest BCUT2D eigenvalue weighted by atomic mass is 35.5. The number of nitrogens with zero attached hydrogens (tertiary/aromatic N) is 5. The molecule has 4 aromatic rings. The van der Waals surface area contributed by atoms with Crippen LogP contribution >= 0.6 is 34.3 Å². The molecular formula is C20H12ClN7O2S3. The van der Waals surface area contributed by atoms with E-state index < -0.39 is 15.0 Å². The fourth-order valence-corrected chi connectivity index (χ4v) is 5.67. The molecule has 3 N–H and O–H groups in total. The van der Waals surface area contributed by atoms with E-state index in [1.54, 1.807) is 17.5 Å². The van der Waals surface area contributed by atoms with Gasteiger partial charge in [0.25, 0.3) is 10.0 Å². The van der Waals surface area contributed by atoms with Gasteiger partial charge in [0, 0.05) is 27.7 Å². The Morgan fingerprint density at radius 3 is 2.45 bits per heavy atom. The average Bonchev–Trinajstić information content (AvgIpc) is 3.50. The van der Waals surface area contributed by atoms with E-state index in [0.29, 0.717) is 20.6 Å². The molecule has 0 saturated carbocycles. The van der Waals surface area contributed by atoms with Gasteiger partial charge in [0.15, 0.2) is 5.03 Å². The van der Waals surface area contributed by atoms with Crippen molar-refractivity contribution in [2.24, 2.45) is 0 Å². The molecule has 0 bridgehead atoms. The standard InChI is InChI=1S/C20H12ClN7O2S3/c21-12-3-1-11(2-4-12)19-27-13(9-31-19)7-26-33(29,30)20-15(6-23)17(16-8-25-10-32-16)14(5-22)18(24)28-20/h1-4,8-10,26H,7H2,(H2,24,28). The number of hydrogen-bond acceptors (Lipinski definition) is 10. The summed E-state index contributed by atoms with van der Waals surface area (Å²) >= 11 is 8.41. The van der Waals surface area contributed by atoms with Crippen LogP contribution in [0.2, 0.25) is 5.02 Å². The van der Waals surface area contributed by atoms with Crippen molar-refractivity contribution in [3.05, 3.63) is 63.2 Å². The summed E-state index contributed by atoms with van der Waals surface area (Å²) in [6.45, 7) is -0.130.